The van der Waals surface area contributed by atoms with Crippen molar-refractivity contribution in [2.75, 3.05) is 61.5 Å². The third-order valence-electron chi connectivity index (χ3n) is 6.81. The molecule has 0 saturated carbocycles. The van der Waals surface area contributed by atoms with Gasteiger partial charge in [-0.05, 0) is 56.3 Å². The molecule has 0 spiro atoms. The average Bonchev–Trinajstić information content (AvgIpc) is 2.87. The van der Waals surface area contributed by atoms with Crippen molar-refractivity contribution in [2.24, 2.45) is 0 Å². The summed E-state index contributed by atoms with van der Waals surface area (Å²) in [6.45, 7) is 4.31. The first-order chi connectivity index (χ1) is 17.0. The number of fused-ring (bicyclic) bond motifs is 2. The van der Waals surface area contributed by atoms with Gasteiger partial charge in [-0.15, -0.1) is 0 Å². The van der Waals surface area contributed by atoms with E-state index >= 15 is 0 Å². The van der Waals surface area contributed by atoms with Crippen LogP contribution in [-0.4, -0.2) is 74.1 Å². The minimum atomic E-state index is -0.185. The van der Waals surface area contributed by atoms with Gasteiger partial charge in [0, 0.05) is 32.7 Å². The van der Waals surface area contributed by atoms with Crippen LogP contribution in [0.4, 0.5) is 17.2 Å². The lowest BCUT2D eigenvalue weighted by atomic mass is 10.0. The number of nitrogens with one attached hydrogen (secondary N) is 2. The molecule has 10 heteroatoms. The summed E-state index contributed by atoms with van der Waals surface area (Å²) in [4.78, 5) is 34.9. The van der Waals surface area contributed by atoms with Crippen LogP contribution in [0.25, 0.3) is 0 Å². The predicted octanol–water partition coefficient (Wildman–Crippen LogP) is 1.32. The smallest absolute Gasteiger partial charge is 0.263 e. The van der Waals surface area contributed by atoms with Crippen molar-refractivity contribution < 1.29 is 14.3 Å². The standard InChI is InChI=1S/C25H29N7O3/c1-30-15-24(34)32(21-12-17(13-26)2-4-20(21)30)11-10-31-8-6-18(7-9-31)27-14-19-3-5-22-25(28-19)29-23(33)16-35-22/h2-5,12,18,27H,6-11,14-16H2,1H3,(H,28,29,33). The Labute approximate surface area is 204 Å². The van der Waals surface area contributed by atoms with Crippen molar-refractivity contribution in [3.05, 3.63) is 41.6 Å². The summed E-state index contributed by atoms with van der Waals surface area (Å²) < 4.78 is 5.37. The Hall–Kier alpha value is -3.68. The van der Waals surface area contributed by atoms with Gasteiger partial charge in [0.15, 0.2) is 18.2 Å². The normalized spacial score (nSPS) is 18.4. The monoisotopic (exact) mass is 475 g/mol. The highest BCUT2D eigenvalue weighted by Gasteiger charge is 2.28. The lowest BCUT2D eigenvalue weighted by Crippen LogP contribution is -2.49. The Morgan fingerprint density at radius 1 is 1.17 bits per heavy atom. The van der Waals surface area contributed by atoms with Crippen LogP contribution in [0, 0.1) is 11.3 Å². The van der Waals surface area contributed by atoms with E-state index in [1.54, 1.807) is 6.07 Å². The Balaban J connectivity index is 1.11. The zero-order chi connectivity index (χ0) is 24.4. The third-order valence-corrected chi connectivity index (χ3v) is 6.81. The Kier molecular flexibility index (Phi) is 6.53. The summed E-state index contributed by atoms with van der Waals surface area (Å²) in [7, 11) is 1.90. The Bertz CT molecular complexity index is 1170. The topological polar surface area (TPSA) is 114 Å². The van der Waals surface area contributed by atoms with Crippen molar-refractivity contribution in [1.29, 1.82) is 5.26 Å². The van der Waals surface area contributed by atoms with Crippen LogP contribution in [0.1, 0.15) is 24.1 Å². The van der Waals surface area contributed by atoms with Gasteiger partial charge in [-0.2, -0.15) is 5.26 Å². The second kappa shape index (κ2) is 9.90. The maximum Gasteiger partial charge on any atom is 0.263 e. The molecule has 3 aliphatic heterocycles. The van der Waals surface area contributed by atoms with E-state index in [1.165, 1.54) is 0 Å². The molecule has 1 aromatic heterocycles. The molecule has 3 aliphatic rings. The lowest BCUT2D eigenvalue weighted by molar-refractivity contribution is -0.119. The van der Waals surface area contributed by atoms with E-state index in [4.69, 9.17) is 4.74 Å². The van der Waals surface area contributed by atoms with Gasteiger partial charge in [0.2, 0.25) is 5.91 Å². The van der Waals surface area contributed by atoms with Gasteiger partial charge in [-0.1, -0.05) is 0 Å². The highest BCUT2D eigenvalue weighted by molar-refractivity contribution is 6.03. The molecule has 2 aromatic rings. The number of anilines is 3. The number of ether oxygens (including phenoxy) is 1. The van der Waals surface area contributed by atoms with Crippen molar-refractivity contribution in [3.63, 3.8) is 0 Å². The molecule has 35 heavy (non-hydrogen) atoms. The molecule has 0 bridgehead atoms. The predicted molar refractivity (Wildman–Crippen MR) is 131 cm³/mol. The number of likely N-dealkylation sites (N-methyl/N-ethyl adjacent to an activating group) is 1. The molecule has 4 heterocycles. The zero-order valence-corrected chi connectivity index (χ0v) is 19.8. The highest BCUT2D eigenvalue weighted by atomic mass is 16.5. The summed E-state index contributed by atoms with van der Waals surface area (Å²) in [5.41, 5.74) is 3.22. The van der Waals surface area contributed by atoms with Gasteiger partial charge >= 0.3 is 0 Å². The number of carbonyl (C=O) groups is 2. The quantitative estimate of drug-likeness (QED) is 0.643. The maximum absolute atomic E-state index is 12.8. The molecule has 1 aromatic carbocycles. The molecule has 0 unspecified atom stereocenters. The summed E-state index contributed by atoms with van der Waals surface area (Å²) >= 11 is 0. The van der Waals surface area contributed by atoms with Gasteiger partial charge in [-0.3, -0.25) is 9.59 Å². The second-order valence-electron chi connectivity index (χ2n) is 9.20. The van der Waals surface area contributed by atoms with Crippen LogP contribution in [0.5, 0.6) is 5.75 Å². The lowest BCUT2D eigenvalue weighted by Gasteiger charge is -2.38. The van der Waals surface area contributed by atoms with Crippen LogP contribution in [0.2, 0.25) is 0 Å². The van der Waals surface area contributed by atoms with Gasteiger partial charge in [0.25, 0.3) is 5.91 Å². The van der Waals surface area contributed by atoms with E-state index in [0.717, 1.165) is 49.5 Å². The molecule has 2 amide bonds. The number of rotatable bonds is 6. The Morgan fingerprint density at radius 2 is 2.00 bits per heavy atom. The summed E-state index contributed by atoms with van der Waals surface area (Å²) in [6, 6.07) is 11.9. The molecule has 10 nitrogen and oxygen atoms in total. The molecule has 0 aliphatic carbocycles. The number of nitrogens with zero attached hydrogens (tertiary/aromatic N) is 5. The maximum atomic E-state index is 12.8. The first-order valence-corrected chi connectivity index (χ1v) is 11.9. The van der Waals surface area contributed by atoms with Crippen molar-refractivity contribution in [2.45, 2.75) is 25.4 Å². The number of amides is 2. The van der Waals surface area contributed by atoms with Crippen molar-refractivity contribution in [1.82, 2.24) is 15.2 Å². The SMILES string of the molecule is CN1CC(=O)N(CCN2CCC(NCc3ccc4c(n3)NC(=O)CO4)CC2)c2cc(C#N)ccc21. The van der Waals surface area contributed by atoms with E-state index in [0.29, 0.717) is 42.8 Å². The fourth-order valence-electron chi connectivity index (χ4n) is 4.84. The molecular formula is C25H29N7O3. The number of benzene rings is 1. The summed E-state index contributed by atoms with van der Waals surface area (Å²) in [5.74, 6) is 0.963. The van der Waals surface area contributed by atoms with Crippen LogP contribution in [0.3, 0.4) is 0 Å². The van der Waals surface area contributed by atoms with Gasteiger partial charge in [-0.25, -0.2) is 4.98 Å². The van der Waals surface area contributed by atoms with E-state index in [-0.39, 0.29) is 18.4 Å². The van der Waals surface area contributed by atoms with E-state index in [1.807, 2.05) is 41.1 Å². The second-order valence-corrected chi connectivity index (χ2v) is 9.20. The minimum absolute atomic E-state index is 0.0290. The molecule has 5 rings (SSSR count). The van der Waals surface area contributed by atoms with Gasteiger partial charge < -0.3 is 30.1 Å². The van der Waals surface area contributed by atoms with Crippen LogP contribution >= 0.6 is 0 Å². The van der Waals surface area contributed by atoms with E-state index < -0.39 is 0 Å². The van der Waals surface area contributed by atoms with Crippen molar-refractivity contribution >= 4 is 29.0 Å². The number of nitriles is 1. The molecule has 182 valence electrons. The van der Waals surface area contributed by atoms with E-state index in [2.05, 4.69) is 26.6 Å². The number of aromatic nitrogens is 1. The number of hydrogen-bond donors (Lipinski definition) is 2. The fraction of sp³-hybridized carbons (Fsp3) is 0.440. The Morgan fingerprint density at radius 3 is 2.80 bits per heavy atom. The third kappa shape index (κ3) is 5.06. The molecule has 1 fully saturated rings. The number of likely N-dealkylation sites (tertiary alicyclic amines) is 1. The number of carbonyl (C=O) groups excluding carboxylic acids is 2. The average molecular weight is 476 g/mol. The highest BCUT2D eigenvalue weighted by Crippen LogP contribution is 2.33. The van der Waals surface area contributed by atoms with Crippen LogP contribution in [0.15, 0.2) is 30.3 Å². The van der Waals surface area contributed by atoms with Crippen molar-refractivity contribution in [3.8, 4) is 11.8 Å². The molecule has 0 radical (unpaired) electrons. The molecule has 2 N–H and O–H groups in total. The van der Waals surface area contributed by atoms with Crippen LogP contribution < -0.4 is 25.2 Å². The van der Waals surface area contributed by atoms with Crippen LogP contribution in [-0.2, 0) is 16.1 Å². The van der Waals surface area contributed by atoms with E-state index in [9.17, 15) is 14.9 Å². The largest absolute Gasteiger partial charge is 0.480 e. The minimum Gasteiger partial charge on any atom is -0.480 e. The number of hydrogen-bond acceptors (Lipinski definition) is 8. The number of piperidine rings is 1. The summed E-state index contributed by atoms with van der Waals surface area (Å²) in [6.07, 6.45) is 2.02. The van der Waals surface area contributed by atoms with Gasteiger partial charge in [0.1, 0.15) is 0 Å². The summed E-state index contributed by atoms with van der Waals surface area (Å²) in [5, 5.41) is 15.6. The molecule has 1 saturated heterocycles. The zero-order valence-electron chi connectivity index (χ0n) is 19.8. The first-order valence-electron chi connectivity index (χ1n) is 11.9. The molecular weight excluding hydrogens is 446 g/mol. The number of pyridine rings is 1. The first kappa shape index (κ1) is 23.1. The van der Waals surface area contributed by atoms with Gasteiger partial charge in [0.05, 0.1) is 35.2 Å². The molecule has 0 atom stereocenters. The fourth-order valence-corrected chi connectivity index (χ4v) is 4.84.